The summed E-state index contributed by atoms with van der Waals surface area (Å²) in [7, 11) is 1.59. The smallest absolute Gasteiger partial charge is 0.328 e. The number of morpholine rings is 1. The molecule has 40 heavy (non-hydrogen) atoms. The van der Waals surface area contributed by atoms with Gasteiger partial charge >= 0.3 is 6.03 Å². The summed E-state index contributed by atoms with van der Waals surface area (Å²) in [5.41, 5.74) is 3.65. The molecule has 204 valence electrons. The van der Waals surface area contributed by atoms with Crippen LogP contribution in [-0.4, -0.2) is 66.5 Å². The molecule has 11 nitrogen and oxygen atoms in total. The maximum Gasteiger partial charge on any atom is 0.328 e. The third-order valence-corrected chi connectivity index (χ3v) is 6.99. The Bertz CT molecular complexity index is 1500. The van der Waals surface area contributed by atoms with Crippen LogP contribution in [0.5, 0.6) is 5.75 Å². The highest BCUT2D eigenvalue weighted by molar-refractivity contribution is 6.01. The molecule has 0 radical (unpaired) electrons. The second-order valence-electron chi connectivity index (χ2n) is 9.51. The number of para-hydroxylation sites is 1. The van der Waals surface area contributed by atoms with Crippen molar-refractivity contribution < 1.29 is 23.9 Å². The van der Waals surface area contributed by atoms with Crippen LogP contribution in [0.15, 0.2) is 42.6 Å². The molecule has 5 rings (SSSR count). The minimum atomic E-state index is -0.443. The number of nitriles is 1. The summed E-state index contributed by atoms with van der Waals surface area (Å²) in [6.07, 6.45) is 3.90. The van der Waals surface area contributed by atoms with Crippen LogP contribution in [0.2, 0.25) is 0 Å². The molecule has 11 heteroatoms. The number of rotatable bonds is 7. The zero-order chi connectivity index (χ0) is 28.1. The molecule has 0 spiro atoms. The largest absolute Gasteiger partial charge is 0.496 e. The summed E-state index contributed by atoms with van der Waals surface area (Å²) >= 11 is 0. The molecule has 0 atom stereocenters. The van der Waals surface area contributed by atoms with E-state index in [4.69, 9.17) is 9.47 Å². The fourth-order valence-electron chi connectivity index (χ4n) is 4.95. The number of nitrogens with zero attached hydrogens (tertiary/aromatic N) is 5. The summed E-state index contributed by atoms with van der Waals surface area (Å²) < 4.78 is 10.6. The van der Waals surface area contributed by atoms with Gasteiger partial charge in [0.05, 0.1) is 19.3 Å². The number of aromatic nitrogens is 2. The predicted octanol–water partition coefficient (Wildman–Crippen LogP) is 3.10. The number of carbonyl (C=O) groups excluding carboxylic acids is 3. The Morgan fingerprint density at radius 1 is 1.23 bits per heavy atom. The van der Waals surface area contributed by atoms with Gasteiger partial charge in [-0.2, -0.15) is 5.26 Å². The third-order valence-electron chi connectivity index (χ3n) is 6.99. The molecular weight excluding hydrogens is 512 g/mol. The first-order chi connectivity index (χ1) is 19.5. The molecule has 4 heterocycles. The molecule has 3 amide bonds. The molecule has 1 aromatic carbocycles. The van der Waals surface area contributed by atoms with Crippen LogP contribution >= 0.6 is 0 Å². The monoisotopic (exact) mass is 540 g/mol. The van der Waals surface area contributed by atoms with Gasteiger partial charge in [-0.3, -0.25) is 19.8 Å². The van der Waals surface area contributed by atoms with E-state index in [1.165, 1.54) is 11.1 Å². The van der Waals surface area contributed by atoms with Crippen LogP contribution in [-0.2, 0) is 28.9 Å². The Kier molecular flexibility index (Phi) is 7.98. The van der Waals surface area contributed by atoms with Gasteiger partial charge < -0.3 is 14.4 Å². The minimum absolute atomic E-state index is 0.0206. The van der Waals surface area contributed by atoms with E-state index < -0.39 is 6.03 Å². The quantitative estimate of drug-likeness (QED) is 0.451. The summed E-state index contributed by atoms with van der Waals surface area (Å²) in [5.74, 6) is 1.26. The average molecular weight is 541 g/mol. The third kappa shape index (κ3) is 5.62. The zero-order valence-electron chi connectivity index (χ0n) is 22.1. The second kappa shape index (κ2) is 11.9. The van der Waals surface area contributed by atoms with E-state index in [2.05, 4.69) is 21.4 Å². The molecular formula is C29H28N6O5. The van der Waals surface area contributed by atoms with Crippen molar-refractivity contribution in [1.29, 1.82) is 5.26 Å². The number of aldehydes is 1. The maximum atomic E-state index is 13.4. The predicted molar refractivity (Wildman–Crippen MR) is 145 cm³/mol. The zero-order valence-corrected chi connectivity index (χ0v) is 22.1. The topological polar surface area (TPSA) is 138 Å². The number of nitrogens with one attached hydrogen (secondary N) is 1. The van der Waals surface area contributed by atoms with Crippen LogP contribution in [0, 0.1) is 11.3 Å². The Morgan fingerprint density at radius 3 is 2.85 bits per heavy atom. The summed E-state index contributed by atoms with van der Waals surface area (Å²) in [5, 5.41) is 12.4. The highest BCUT2D eigenvalue weighted by atomic mass is 16.5. The number of pyridine rings is 2. The molecule has 0 saturated carbocycles. The van der Waals surface area contributed by atoms with Gasteiger partial charge in [-0.15, -0.1) is 0 Å². The Labute approximate surface area is 231 Å². The van der Waals surface area contributed by atoms with Gasteiger partial charge in [-0.25, -0.2) is 14.8 Å². The molecule has 3 aromatic rings. The molecule has 1 saturated heterocycles. The Balaban J connectivity index is 1.37. The van der Waals surface area contributed by atoms with E-state index in [0.717, 1.165) is 11.1 Å². The molecule has 2 aliphatic rings. The van der Waals surface area contributed by atoms with Gasteiger partial charge in [0.2, 0.25) is 5.91 Å². The van der Waals surface area contributed by atoms with Crippen LogP contribution in [0.3, 0.4) is 0 Å². The molecule has 2 aliphatic heterocycles. The van der Waals surface area contributed by atoms with Crippen molar-refractivity contribution in [3.63, 3.8) is 0 Å². The van der Waals surface area contributed by atoms with Crippen LogP contribution < -0.4 is 15.0 Å². The van der Waals surface area contributed by atoms with E-state index in [0.29, 0.717) is 79.3 Å². The lowest BCUT2D eigenvalue weighted by atomic mass is 10.0. The van der Waals surface area contributed by atoms with E-state index in [-0.39, 0.29) is 24.8 Å². The summed E-state index contributed by atoms with van der Waals surface area (Å²) in [6.45, 7) is 1.58. The first-order valence-corrected chi connectivity index (χ1v) is 12.9. The second-order valence-corrected chi connectivity index (χ2v) is 9.51. The van der Waals surface area contributed by atoms with Crippen molar-refractivity contribution in [3.8, 4) is 11.8 Å². The number of fused-ring (bicyclic) bond motifs is 1. The van der Waals surface area contributed by atoms with Gasteiger partial charge in [-0.1, -0.05) is 18.2 Å². The van der Waals surface area contributed by atoms with Crippen LogP contribution in [0.25, 0.3) is 0 Å². The van der Waals surface area contributed by atoms with Gasteiger partial charge in [-0.05, 0) is 47.7 Å². The van der Waals surface area contributed by atoms with Gasteiger partial charge in [0.25, 0.3) is 0 Å². The minimum Gasteiger partial charge on any atom is -0.496 e. The molecule has 1 fully saturated rings. The molecule has 2 aromatic heterocycles. The highest BCUT2D eigenvalue weighted by Gasteiger charge is 2.28. The van der Waals surface area contributed by atoms with Crippen molar-refractivity contribution in [2.75, 3.05) is 43.6 Å². The van der Waals surface area contributed by atoms with Gasteiger partial charge in [0, 0.05) is 37.8 Å². The SMILES string of the molecule is COc1ccccc1Cc1cc(NC(=O)N2CCCc3cc(CN4CCOCC4=O)c(C=O)nc32)ncc1C#N. The van der Waals surface area contributed by atoms with Crippen LogP contribution in [0.4, 0.5) is 16.4 Å². The lowest BCUT2D eigenvalue weighted by Crippen LogP contribution is -2.42. The number of carbonyl (C=O) groups is 3. The fourth-order valence-corrected chi connectivity index (χ4v) is 4.95. The highest BCUT2D eigenvalue weighted by Crippen LogP contribution is 2.29. The molecule has 0 aliphatic carbocycles. The van der Waals surface area contributed by atoms with Gasteiger partial charge in [0.15, 0.2) is 6.29 Å². The van der Waals surface area contributed by atoms with Crippen molar-refractivity contribution >= 4 is 29.9 Å². The molecule has 0 unspecified atom stereocenters. The number of urea groups is 1. The fraction of sp³-hybridized carbons (Fsp3) is 0.310. The van der Waals surface area contributed by atoms with E-state index in [1.54, 1.807) is 18.1 Å². The average Bonchev–Trinajstić information content (AvgIpc) is 2.98. The Hall–Kier alpha value is -4.82. The summed E-state index contributed by atoms with van der Waals surface area (Å²) in [6, 6.07) is 12.8. The maximum absolute atomic E-state index is 13.4. The van der Waals surface area contributed by atoms with E-state index >= 15 is 0 Å². The summed E-state index contributed by atoms with van der Waals surface area (Å²) in [4.78, 5) is 49.5. The molecule has 1 N–H and O–H groups in total. The lowest BCUT2D eigenvalue weighted by Gasteiger charge is -2.30. The number of methoxy groups -OCH3 is 1. The lowest BCUT2D eigenvalue weighted by molar-refractivity contribution is -0.143. The first kappa shape index (κ1) is 26.8. The van der Waals surface area contributed by atoms with Crippen molar-refractivity contribution in [2.24, 2.45) is 0 Å². The number of hydrogen-bond donors (Lipinski definition) is 1. The van der Waals surface area contributed by atoms with Crippen molar-refractivity contribution in [2.45, 2.75) is 25.8 Å². The van der Waals surface area contributed by atoms with Crippen LogP contribution in [0.1, 0.15) is 44.7 Å². The van der Waals surface area contributed by atoms with Crippen molar-refractivity contribution in [3.05, 3.63) is 76.1 Å². The normalized spacial score (nSPS) is 14.8. The van der Waals surface area contributed by atoms with Gasteiger partial charge in [0.1, 0.15) is 35.8 Å². The number of anilines is 2. The Morgan fingerprint density at radius 2 is 2.08 bits per heavy atom. The number of aryl methyl sites for hydroxylation is 1. The molecule has 0 bridgehead atoms. The number of ether oxygens (including phenoxy) is 2. The first-order valence-electron chi connectivity index (χ1n) is 12.9. The van der Waals surface area contributed by atoms with E-state index in [1.807, 2.05) is 30.3 Å². The number of amides is 3. The standard InChI is InChI=1S/C29H28N6O5/c1-39-25-7-3-2-5-19(25)11-21-13-26(31-15-23(21)14-30)33-29(38)35-8-4-6-20-12-22(24(17-36)32-28(20)35)16-34-9-10-40-18-27(34)37/h2-3,5,7,12-13,15,17H,4,6,8-11,16,18H2,1H3,(H,31,33,38). The van der Waals surface area contributed by atoms with Crippen molar-refractivity contribution in [1.82, 2.24) is 14.9 Å². The number of hydrogen-bond acceptors (Lipinski definition) is 8. The number of benzene rings is 1. The van der Waals surface area contributed by atoms with E-state index in [9.17, 15) is 19.6 Å².